The Balaban J connectivity index is 1.69. The van der Waals surface area contributed by atoms with Crippen molar-refractivity contribution in [2.75, 3.05) is 11.9 Å². The number of aromatic nitrogens is 2. The number of carbonyl (C=O) groups excluding carboxylic acids is 1. The summed E-state index contributed by atoms with van der Waals surface area (Å²) < 4.78 is 4.92. The minimum absolute atomic E-state index is 0.347. The van der Waals surface area contributed by atoms with E-state index < -0.39 is 0 Å². The Morgan fingerprint density at radius 2 is 2.35 bits per heavy atom. The summed E-state index contributed by atoms with van der Waals surface area (Å²) in [5.41, 5.74) is 1.67. The first-order valence-electron chi connectivity index (χ1n) is 6.65. The van der Waals surface area contributed by atoms with Crippen LogP contribution in [0.5, 0.6) is 0 Å². The summed E-state index contributed by atoms with van der Waals surface area (Å²) in [4.78, 5) is 21.7. The Bertz CT molecular complexity index is 600. The molecule has 0 atom stereocenters. The maximum atomic E-state index is 11.5. The molecule has 0 aliphatic heterocycles. The molecule has 0 aromatic carbocycles. The molecule has 0 fully saturated rings. The van der Waals surface area contributed by atoms with Gasteiger partial charge in [0.15, 0.2) is 5.13 Å². The van der Waals surface area contributed by atoms with Crippen LogP contribution in [0.15, 0.2) is 18.3 Å². The van der Waals surface area contributed by atoms with Gasteiger partial charge in [-0.3, -0.25) is 0 Å². The number of fused-ring (bicyclic) bond motifs is 1. The maximum absolute atomic E-state index is 11.5. The van der Waals surface area contributed by atoms with Crippen molar-refractivity contribution in [1.29, 1.82) is 0 Å². The lowest BCUT2D eigenvalue weighted by atomic mass is 10.3. The average Bonchev–Trinajstić information content (AvgIpc) is 3.01. The lowest BCUT2D eigenvalue weighted by Crippen LogP contribution is -2.05. The van der Waals surface area contributed by atoms with Gasteiger partial charge in [0.2, 0.25) is 0 Å². The monoisotopic (exact) mass is 289 g/mol. The minimum atomic E-state index is -0.347. The molecule has 3 rings (SSSR count). The van der Waals surface area contributed by atoms with Crippen LogP contribution in [0.1, 0.15) is 34.3 Å². The maximum Gasteiger partial charge on any atom is 0.339 e. The summed E-state index contributed by atoms with van der Waals surface area (Å²) >= 11 is 1.68. The van der Waals surface area contributed by atoms with Crippen molar-refractivity contribution in [3.05, 3.63) is 34.5 Å². The highest BCUT2D eigenvalue weighted by Crippen LogP contribution is 2.31. The summed E-state index contributed by atoms with van der Waals surface area (Å²) in [6.07, 6.45) is 4.93. The van der Waals surface area contributed by atoms with Gasteiger partial charge in [-0.2, -0.15) is 0 Å². The molecule has 2 aromatic rings. The third kappa shape index (κ3) is 2.65. The molecule has 5 nitrogen and oxygen atoms in total. The lowest BCUT2D eigenvalue weighted by Gasteiger charge is -2.04. The van der Waals surface area contributed by atoms with E-state index in [1.165, 1.54) is 23.2 Å². The molecule has 2 aromatic heterocycles. The van der Waals surface area contributed by atoms with Crippen LogP contribution in [0.3, 0.4) is 0 Å². The predicted molar refractivity (Wildman–Crippen MR) is 77.6 cm³/mol. The molecule has 2 heterocycles. The molecule has 1 aliphatic rings. The van der Waals surface area contributed by atoms with E-state index in [9.17, 15) is 4.79 Å². The fourth-order valence-corrected chi connectivity index (χ4v) is 3.21. The van der Waals surface area contributed by atoms with E-state index in [0.29, 0.717) is 18.0 Å². The van der Waals surface area contributed by atoms with Gasteiger partial charge >= 0.3 is 5.97 Å². The molecule has 0 bridgehead atoms. The second-order valence-electron chi connectivity index (χ2n) is 4.52. The molecule has 0 saturated heterocycles. The van der Waals surface area contributed by atoms with Crippen molar-refractivity contribution < 1.29 is 9.53 Å². The van der Waals surface area contributed by atoms with Crippen LogP contribution < -0.4 is 5.32 Å². The first kappa shape index (κ1) is 13.1. The zero-order chi connectivity index (χ0) is 13.9. The normalized spacial score (nSPS) is 13.1. The Morgan fingerprint density at radius 1 is 1.45 bits per heavy atom. The number of esters is 1. The highest BCUT2D eigenvalue weighted by molar-refractivity contribution is 7.15. The third-order valence-corrected chi connectivity index (χ3v) is 4.18. The Labute approximate surface area is 121 Å². The predicted octanol–water partition coefficient (Wildman–Crippen LogP) is 2.95. The number of hydrogen-bond acceptors (Lipinski definition) is 6. The SMILES string of the molecule is CCOC(=O)c1ccc(Nc2nc3c(s2)CCC3)nc1. The van der Waals surface area contributed by atoms with Gasteiger partial charge in [-0.15, -0.1) is 11.3 Å². The first-order valence-corrected chi connectivity index (χ1v) is 7.46. The van der Waals surface area contributed by atoms with Gasteiger partial charge in [-0.1, -0.05) is 0 Å². The Hall–Kier alpha value is -1.95. The summed E-state index contributed by atoms with van der Waals surface area (Å²) in [6, 6.07) is 3.47. The van der Waals surface area contributed by atoms with E-state index in [4.69, 9.17) is 4.74 Å². The van der Waals surface area contributed by atoms with Crippen molar-refractivity contribution in [2.24, 2.45) is 0 Å². The van der Waals surface area contributed by atoms with Gasteiger partial charge in [0.1, 0.15) is 5.82 Å². The van der Waals surface area contributed by atoms with Gasteiger partial charge in [0.05, 0.1) is 17.9 Å². The Morgan fingerprint density at radius 3 is 3.05 bits per heavy atom. The minimum Gasteiger partial charge on any atom is -0.462 e. The third-order valence-electron chi connectivity index (χ3n) is 3.11. The summed E-state index contributed by atoms with van der Waals surface area (Å²) in [5, 5.41) is 4.04. The van der Waals surface area contributed by atoms with Crippen LogP contribution in [0, 0.1) is 0 Å². The smallest absolute Gasteiger partial charge is 0.339 e. The highest BCUT2D eigenvalue weighted by Gasteiger charge is 2.16. The number of nitrogens with one attached hydrogen (secondary N) is 1. The van der Waals surface area contributed by atoms with Crippen LogP contribution in [-0.4, -0.2) is 22.5 Å². The van der Waals surface area contributed by atoms with Gasteiger partial charge in [-0.05, 0) is 38.3 Å². The number of carbonyl (C=O) groups is 1. The average molecular weight is 289 g/mol. The van der Waals surface area contributed by atoms with E-state index in [0.717, 1.165) is 18.0 Å². The number of nitrogens with zero attached hydrogens (tertiary/aromatic N) is 2. The van der Waals surface area contributed by atoms with E-state index in [2.05, 4.69) is 15.3 Å². The van der Waals surface area contributed by atoms with Crippen LogP contribution in [0.4, 0.5) is 10.9 Å². The number of hydrogen-bond donors (Lipinski definition) is 1. The number of anilines is 2. The fraction of sp³-hybridized carbons (Fsp3) is 0.357. The number of rotatable bonds is 4. The summed E-state index contributed by atoms with van der Waals surface area (Å²) in [7, 11) is 0. The zero-order valence-electron chi connectivity index (χ0n) is 11.2. The second-order valence-corrected chi connectivity index (χ2v) is 5.60. The largest absolute Gasteiger partial charge is 0.462 e. The molecular weight excluding hydrogens is 274 g/mol. The van der Waals surface area contributed by atoms with Crippen LogP contribution >= 0.6 is 11.3 Å². The number of pyridine rings is 1. The summed E-state index contributed by atoms with van der Waals surface area (Å²) in [5.74, 6) is 0.338. The van der Waals surface area contributed by atoms with Crippen molar-refractivity contribution in [2.45, 2.75) is 26.2 Å². The van der Waals surface area contributed by atoms with Gasteiger partial charge in [0, 0.05) is 11.1 Å². The molecule has 6 heteroatoms. The molecule has 0 unspecified atom stereocenters. The number of thiazole rings is 1. The van der Waals surface area contributed by atoms with E-state index in [1.54, 1.807) is 30.4 Å². The molecule has 104 valence electrons. The molecular formula is C14H15N3O2S. The molecule has 1 aliphatic carbocycles. The van der Waals surface area contributed by atoms with Crippen molar-refractivity contribution in [3.8, 4) is 0 Å². The van der Waals surface area contributed by atoms with E-state index in [1.807, 2.05) is 0 Å². The topological polar surface area (TPSA) is 64.1 Å². The van der Waals surface area contributed by atoms with Gasteiger partial charge in [0.25, 0.3) is 0 Å². The molecule has 1 N–H and O–H groups in total. The second kappa shape index (κ2) is 5.58. The Kier molecular flexibility index (Phi) is 3.64. The van der Waals surface area contributed by atoms with Crippen molar-refractivity contribution in [1.82, 2.24) is 9.97 Å². The molecule has 0 radical (unpaired) electrons. The van der Waals surface area contributed by atoms with Crippen molar-refractivity contribution >= 4 is 28.3 Å². The molecule has 0 spiro atoms. The molecule has 0 amide bonds. The lowest BCUT2D eigenvalue weighted by molar-refractivity contribution is 0.0526. The number of aryl methyl sites for hydroxylation is 2. The number of ether oxygens (including phenoxy) is 1. The van der Waals surface area contributed by atoms with Crippen LogP contribution in [0.2, 0.25) is 0 Å². The van der Waals surface area contributed by atoms with Crippen molar-refractivity contribution in [3.63, 3.8) is 0 Å². The highest BCUT2D eigenvalue weighted by atomic mass is 32.1. The zero-order valence-corrected chi connectivity index (χ0v) is 12.0. The van der Waals surface area contributed by atoms with Gasteiger partial charge < -0.3 is 10.1 Å². The first-order chi connectivity index (χ1) is 9.76. The van der Waals surface area contributed by atoms with Crippen LogP contribution in [0.25, 0.3) is 0 Å². The van der Waals surface area contributed by atoms with E-state index in [-0.39, 0.29) is 5.97 Å². The quantitative estimate of drug-likeness (QED) is 0.877. The fourth-order valence-electron chi connectivity index (χ4n) is 2.16. The van der Waals surface area contributed by atoms with Gasteiger partial charge in [-0.25, -0.2) is 14.8 Å². The van der Waals surface area contributed by atoms with E-state index >= 15 is 0 Å². The molecule has 0 saturated carbocycles. The summed E-state index contributed by atoms with van der Waals surface area (Å²) in [6.45, 7) is 2.15. The van der Waals surface area contributed by atoms with Crippen LogP contribution in [-0.2, 0) is 17.6 Å². The molecule has 20 heavy (non-hydrogen) atoms. The standard InChI is InChI=1S/C14H15N3O2S/c1-2-19-13(18)9-6-7-12(15-8-9)17-14-16-10-4-3-5-11(10)20-14/h6-8H,2-5H2,1H3,(H,15,16,17).